The lowest BCUT2D eigenvalue weighted by atomic mass is 9.88. The third-order valence-electron chi connectivity index (χ3n) is 5.08. The second-order valence-corrected chi connectivity index (χ2v) is 7.68. The van der Waals surface area contributed by atoms with Crippen molar-refractivity contribution in [1.29, 1.82) is 0 Å². The number of hydrogen-bond acceptors (Lipinski definition) is 4. The molecule has 0 bridgehead atoms. The van der Waals surface area contributed by atoms with Gasteiger partial charge in [-0.1, -0.05) is 43.7 Å². The van der Waals surface area contributed by atoms with Gasteiger partial charge in [0.05, 0.1) is 12.6 Å². The Hall–Kier alpha value is -2.01. The largest absolute Gasteiger partial charge is 0.345 e. The Morgan fingerprint density at radius 3 is 2.19 bits per heavy atom. The number of ketones is 2. The molecule has 0 aliphatic carbocycles. The zero-order valence-corrected chi connectivity index (χ0v) is 16.2. The number of carbonyl (C=O) groups is 3. The number of hydrogen-bond donors (Lipinski definition) is 1. The summed E-state index contributed by atoms with van der Waals surface area (Å²) < 4.78 is 0. The minimum Gasteiger partial charge on any atom is -0.345 e. The molecule has 2 rings (SSSR count). The van der Waals surface area contributed by atoms with Gasteiger partial charge in [0.2, 0.25) is 5.91 Å². The first-order chi connectivity index (χ1) is 12.3. The van der Waals surface area contributed by atoms with E-state index in [0.717, 1.165) is 37.1 Å². The summed E-state index contributed by atoms with van der Waals surface area (Å²) in [6.07, 6.45) is 1.53. The molecular formula is C21H30N2O3. The first kappa shape index (κ1) is 20.3. The van der Waals surface area contributed by atoms with E-state index in [2.05, 4.69) is 10.2 Å². The first-order valence-corrected chi connectivity index (χ1v) is 9.41. The van der Waals surface area contributed by atoms with Crippen molar-refractivity contribution in [3.63, 3.8) is 0 Å². The molecule has 0 aromatic heterocycles. The highest BCUT2D eigenvalue weighted by atomic mass is 16.2. The molecule has 1 amide bonds. The molecule has 1 aromatic rings. The summed E-state index contributed by atoms with van der Waals surface area (Å²) in [5, 5.41) is 2.83. The van der Waals surface area contributed by atoms with Crippen LogP contribution in [0.25, 0.3) is 0 Å². The van der Waals surface area contributed by atoms with E-state index in [0.29, 0.717) is 0 Å². The molecule has 1 atom stereocenters. The maximum Gasteiger partial charge on any atom is 0.234 e. The topological polar surface area (TPSA) is 66.5 Å². The van der Waals surface area contributed by atoms with E-state index in [4.69, 9.17) is 0 Å². The smallest absolute Gasteiger partial charge is 0.234 e. The fraction of sp³-hybridized carbons (Fsp3) is 0.571. The number of carbonyl (C=O) groups excluding carboxylic acids is 3. The third kappa shape index (κ3) is 5.49. The lowest BCUT2D eigenvalue weighted by Crippen LogP contribution is -2.48. The van der Waals surface area contributed by atoms with Gasteiger partial charge in [0.15, 0.2) is 11.6 Å². The third-order valence-corrected chi connectivity index (χ3v) is 5.08. The van der Waals surface area contributed by atoms with Gasteiger partial charge in [-0.15, -0.1) is 0 Å². The summed E-state index contributed by atoms with van der Waals surface area (Å²) in [5.41, 5.74) is 1.92. The van der Waals surface area contributed by atoms with Crippen LogP contribution < -0.4 is 5.32 Å². The minimum absolute atomic E-state index is 0.0178. The zero-order valence-electron chi connectivity index (χ0n) is 16.2. The molecule has 1 aliphatic heterocycles. The Morgan fingerprint density at radius 1 is 1.12 bits per heavy atom. The highest BCUT2D eigenvalue weighted by Gasteiger charge is 2.27. The Kier molecular flexibility index (Phi) is 7.09. The van der Waals surface area contributed by atoms with Crippen molar-refractivity contribution in [3.8, 4) is 0 Å². The number of aryl methyl sites for hydroxylation is 1. The highest BCUT2D eigenvalue weighted by molar-refractivity contribution is 5.98. The number of nitrogens with zero attached hydrogens (tertiary/aromatic N) is 1. The van der Waals surface area contributed by atoms with Gasteiger partial charge in [-0.05, 0) is 45.7 Å². The molecule has 5 nitrogen and oxygen atoms in total. The maximum absolute atomic E-state index is 12.6. The number of nitrogens with one attached hydrogen (secondary N) is 1. The Bertz CT molecular complexity index is 644. The minimum atomic E-state index is -0.428. The number of benzene rings is 1. The molecule has 1 N–H and O–H groups in total. The van der Waals surface area contributed by atoms with E-state index in [1.165, 1.54) is 6.92 Å². The van der Waals surface area contributed by atoms with Crippen LogP contribution in [-0.4, -0.2) is 48.0 Å². The molecule has 0 spiro atoms. The number of likely N-dealkylation sites (tertiary alicyclic amines) is 1. The molecule has 1 aromatic carbocycles. The van der Waals surface area contributed by atoms with Crippen LogP contribution in [0.3, 0.4) is 0 Å². The van der Waals surface area contributed by atoms with E-state index in [1.54, 1.807) is 0 Å². The van der Waals surface area contributed by atoms with Gasteiger partial charge in [-0.2, -0.15) is 0 Å². The van der Waals surface area contributed by atoms with Crippen LogP contribution in [0.15, 0.2) is 24.3 Å². The Morgan fingerprint density at radius 2 is 1.69 bits per heavy atom. The van der Waals surface area contributed by atoms with Crippen LogP contribution in [0.5, 0.6) is 0 Å². The van der Waals surface area contributed by atoms with Gasteiger partial charge in [0.25, 0.3) is 0 Å². The van der Waals surface area contributed by atoms with Crippen molar-refractivity contribution < 1.29 is 14.4 Å². The van der Waals surface area contributed by atoms with E-state index in [9.17, 15) is 14.4 Å². The summed E-state index contributed by atoms with van der Waals surface area (Å²) in [5.74, 6) is 0.162. The summed E-state index contributed by atoms with van der Waals surface area (Å²) in [6.45, 7) is 9.09. The molecule has 5 heteroatoms. The maximum atomic E-state index is 12.6. The van der Waals surface area contributed by atoms with Crippen molar-refractivity contribution in [3.05, 3.63) is 35.4 Å². The fourth-order valence-corrected chi connectivity index (χ4v) is 3.47. The summed E-state index contributed by atoms with van der Waals surface area (Å²) in [6, 6.07) is 7.29. The van der Waals surface area contributed by atoms with Crippen molar-refractivity contribution in [1.82, 2.24) is 10.2 Å². The van der Waals surface area contributed by atoms with Crippen LogP contribution in [0.4, 0.5) is 0 Å². The van der Waals surface area contributed by atoms with Gasteiger partial charge in [0, 0.05) is 11.5 Å². The first-order valence-electron chi connectivity index (χ1n) is 9.41. The van der Waals surface area contributed by atoms with Crippen LogP contribution in [0.2, 0.25) is 0 Å². The van der Waals surface area contributed by atoms with Crippen molar-refractivity contribution in [2.24, 2.45) is 11.8 Å². The van der Waals surface area contributed by atoms with Crippen molar-refractivity contribution >= 4 is 17.5 Å². The average molecular weight is 358 g/mol. The van der Waals surface area contributed by atoms with Gasteiger partial charge in [-0.3, -0.25) is 19.3 Å². The molecule has 142 valence electrons. The normalized spacial score (nSPS) is 17.1. The van der Waals surface area contributed by atoms with Crippen LogP contribution >= 0.6 is 0 Å². The van der Waals surface area contributed by atoms with Gasteiger partial charge >= 0.3 is 0 Å². The standard InChI is InChI=1S/C21H30N2O3/c1-14(2)20(16(4)24)22-19(25)13-23-11-9-18(10-12-23)21(26)17-7-5-15(3)6-8-17/h5-8,14,18,20H,9-13H2,1-4H3,(H,22,25). The second-order valence-electron chi connectivity index (χ2n) is 7.68. The number of piperidine rings is 1. The molecule has 1 fully saturated rings. The van der Waals surface area contributed by atoms with E-state index in [-0.39, 0.29) is 35.9 Å². The van der Waals surface area contributed by atoms with Gasteiger partial charge < -0.3 is 5.32 Å². The number of rotatable bonds is 7. The Labute approximate surface area is 156 Å². The predicted octanol–water partition coefficient (Wildman–Crippen LogP) is 2.62. The molecule has 1 aliphatic rings. The highest BCUT2D eigenvalue weighted by Crippen LogP contribution is 2.22. The van der Waals surface area contributed by atoms with E-state index < -0.39 is 6.04 Å². The quantitative estimate of drug-likeness (QED) is 0.761. The van der Waals surface area contributed by atoms with E-state index in [1.807, 2.05) is 45.0 Å². The summed E-state index contributed by atoms with van der Waals surface area (Å²) >= 11 is 0. The summed E-state index contributed by atoms with van der Waals surface area (Å²) in [4.78, 5) is 38.5. The second kappa shape index (κ2) is 9.08. The van der Waals surface area contributed by atoms with Gasteiger partial charge in [0.1, 0.15) is 0 Å². The molecule has 1 saturated heterocycles. The molecule has 26 heavy (non-hydrogen) atoms. The molecule has 0 saturated carbocycles. The monoisotopic (exact) mass is 358 g/mol. The predicted molar refractivity (Wildman–Crippen MR) is 102 cm³/mol. The lowest BCUT2D eigenvalue weighted by Gasteiger charge is -2.31. The van der Waals surface area contributed by atoms with E-state index >= 15 is 0 Å². The number of amides is 1. The Balaban J connectivity index is 1.82. The van der Waals surface area contributed by atoms with Crippen LogP contribution in [0.1, 0.15) is 49.5 Å². The fourth-order valence-electron chi connectivity index (χ4n) is 3.47. The molecule has 0 radical (unpaired) electrons. The SMILES string of the molecule is CC(=O)C(NC(=O)CN1CCC(C(=O)c2ccc(C)cc2)CC1)C(C)C. The van der Waals surface area contributed by atoms with Gasteiger partial charge in [-0.25, -0.2) is 0 Å². The molecule has 1 unspecified atom stereocenters. The lowest BCUT2D eigenvalue weighted by molar-refractivity contribution is -0.128. The number of Topliss-reactive ketones (excluding diaryl/α,β-unsaturated/α-hetero) is 2. The van der Waals surface area contributed by atoms with Crippen molar-refractivity contribution in [2.45, 2.75) is 46.6 Å². The van der Waals surface area contributed by atoms with Crippen LogP contribution in [0, 0.1) is 18.8 Å². The molecule has 1 heterocycles. The zero-order chi connectivity index (χ0) is 19.3. The van der Waals surface area contributed by atoms with Crippen LogP contribution in [-0.2, 0) is 9.59 Å². The average Bonchev–Trinajstić information content (AvgIpc) is 2.60. The molecular weight excluding hydrogens is 328 g/mol. The summed E-state index contributed by atoms with van der Waals surface area (Å²) in [7, 11) is 0. The van der Waals surface area contributed by atoms with Crippen molar-refractivity contribution in [2.75, 3.05) is 19.6 Å².